The molecule has 0 radical (unpaired) electrons. The van der Waals surface area contributed by atoms with Crippen LogP contribution in [-0.2, 0) is 6.18 Å². The zero-order valence-electron chi connectivity index (χ0n) is 16.3. The molecule has 0 saturated carbocycles. The Bertz CT molecular complexity index is 1250. The standard InChI is InChI=1S/C23H17ClF3N3O/c1-13-4-5-14-6-8-17(22(31)21(14)29-13)20(15-3-2-10-28-12-15)30-19-11-16(23(25,26)27)7-9-18(19)24/h2-12,20,30-31H,1H3. The number of hydrogen-bond donors (Lipinski definition) is 2. The van der Waals surface area contributed by atoms with Crippen molar-refractivity contribution in [2.75, 3.05) is 5.32 Å². The Morgan fingerprint density at radius 1 is 1.06 bits per heavy atom. The summed E-state index contributed by atoms with van der Waals surface area (Å²) >= 11 is 6.20. The molecule has 1 unspecified atom stereocenters. The highest BCUT2D eigenvalue weighted by Gasteiger charge is 2.31. The highest BCUT2D eigenvalue weighted by molar-refractivity contribution is 6.33. The molecule has 0 amide bonds. The van der Waals surface area contributed by atoms with E-state index >= 15 is 0 Å². The van der Waals surface area contributed by atoms with Crippen LogP contribution in [0.15, 0.2) is 67.0 Å². The first-order chi connectivity index (χ1) is 14.7. The molecular formula is C23H17ClF3N3O. The number of aromatic hydroxyl groups is 1. The van der Waals surface area contributed by atoms with Gasteiger partial charge in [0.15, 0.2) is 0 Å². The molecule has 4 rings (SSSR count). The van der Waals surface area contributed by atoms with E-state index in [2.05, 4.69) is 15.3 Å². The molecule has 158 valence electrons. The molecule has 0 aliphatic rings. The highest BCUT2D eigenvalue weighted by atomic mass is 35.5. The van der Waals surface area contributed by atoms with Crippen LogP contribution in [0.2, 0.25) is 5.02 Å². The van der Waals surface area contributed by atoms with Gasteiger partial charge in [-0.2, -0.15) is 13.2 Å². The van der Waals surface area contributed by atoms with E-state index in [1.54, 1.807) is 36.7 Å². The molecule has 0 fully saturated rings. The van der Waals surface area contributed by atoms with Gasteiger partial charge in [-0.1, -0.05) is 35.9 Å². The summed E-state index contributed by atoms with van der Waals surface area (Å²) in [5.41, 5.74) is 1.46. The summed E-state index contributed by atoms with van der Waals surface area (Å²) in [7, 11) is 0. The van der Waals surface area contributed by atoms with Gasteiger partial charge in [-0.25, -0.2) is 4.98 Å². The predicted molar refractivity (Wildman–Crippen MR) is 114 cm³/mol. The van der Waals surface area contributed by atoms with Gasteiger partial charge in [0.1, 0.15) is 11.3 Å². The first-order valence-electron chi connectivity index (χ1n) is 9.36. The van der Waals surface area contributed by atoms with Gasteiger partial charge in [-0.15, -0.1) is 0 Å². The van der Waals surface area contributed by atoms with Gasteiger partial charge in [0.2, 0.25) is 0 Å². The third-order valence-electron chi connectivity index (χ3n) is 4.93. The van der Waals surface area contributed by atoms with E-state index in [4.69, 9.17) is 11.6 Å². The van der Waals surface area contributed by atoms with Gasteiger partial charge >= 0.3 is 6.18 Å². The second kappa shape index (κ2) is 8.07. The molecule has 8 heteroatoms. The lowest BCUT2D eigenvalue weighted by molar-refractivity contribution is -0.137. The van der Waals surface area contributed by atoms with Crippen molar-refractivity contribution in [3.63, 3.8) is 0 Å². The molecule has 2 aromatic heterocycles. The molecule has 0 saturated heterocycles. The van der Waals surface area contributed by atoms with Crippen LogP contribution in [0.25, 0.3) is 10.9 Å². The second-order valence-corrected chi connectivity index (χ2v) is 7.49. The number of fused-ring (bicyclic) bond motifs is 1. The number of phenols is 1. The third kappa shape index (κ3) is 4.27. The van der Waals surface area contributed by atoms with Crippen molar-refractivity contribution in [3.8, 4) is 5.75 Å². The number of benzene rings is 2. The first kappa shape index (κ1) is 20.9. The van der Waals surface area contributed by atoms with Crippen LogP contribution < -0.4 is 5.32 Å². The van der Waals surface area contributed by atoms with E-state index in [1.807, 2.05) is 19.1 Å². The SMILES string of the molecule is Cc1ccc2ccc(C(Nc3cc(C(F)(F)F)ccc3Cl)c3cccnc3)c(O)c2n1. The van der Waals surface area contributed by atoms with E-state index < -0.39 is 17.8 Å². The summed E-state index contributed by atoms with van der Waals surface area (Å²) in [6, 6.07) is 13.0. The molecule has 0 aliphatic heterocycles. The summed E-state index contributed by atoms with van der Waals surface area (Å²) in [5.74, 6) is -0.0642. The Morgan fingerprint density at radius 3 is 2.55 bits per heavy atom. The van der Waals surface area contributed by atoms with Gasteiger partial charge < -0.3 is 10.4 Å². The van der Waals surface area contributed by atoms with Crippen molar-refractivity contribution in [1.82, 2.24) is 9.97 Å². The van der Waals surface area contributed by atoms with E-state index in [0.29, 0.717) is 16.6 Å². The molecule has 0 aliphatic carbocycles. The average Bonchev–Trinajstić information content (AvgIpc) is 2.74. The Morgan fingerprint density at radius 2 is 1.84 bits per heavy atom. The normalized spacial score (nSPS) is 12.7. The number of pyridine rings is 2. The van der Waals surface area contributed by atoms with Crippen molar-refractivity contribution >= 4 is 28.2 Å². The number of anilines is 1. The minimum Gasteiger partial charge on any atom is -0.505 e. The first-order valence-corrected chi connectivity index (χ1v) is 9.74. The second-order valence-electron chi connectivity index (χ2n) is 7.08. The van der Waals surface area contributed by atoms with Crippen LogP contribution in [0.4, 0.5) is 18.9 Å². The molecule has 2 N–H and O–H groups in total. The van der Waals surface area contributed by atoms with Crippen LogP contribution in [0.3, 0.4) is 0 Å². The lowest BCUT2D eigenvalue weighted by Gasteiger charge is -2.23. The lowest BCUT2D eigenvalue weighted by Crippen LogP contribution is -2.14. The Hall–Kier alpha value is -3.32. The Kier molecular flexibility index (Phi) is 5.45. The van der Waals surface area contributed by atoms with Crippen molar-refractivity contribution in [1.29, 1.82) is 0 Å². The number of alkyl halides is 3. The van der Waals surface area contributed by atoms with Crippen LogP contribution in [-0.4, -0.2) is 15.1 Å². The van der Waals surface area contributed by atoms with Crippen molar-refractivity contribution < 1.29 is 18.3 Å². The molecule has 0 bridgehead atoms. The molecule has 2 heterocycles. The summed E-state index contributed by atoms with van der Waals surface area (Å²) in [6.45, 7) is 1.81. The van der Waals surface area contributed by atoms with E-state index in [9.17, 15) is 18.3 Å². The summed E-state index contributed by atoms with van der Waals surface area (Å²) in [6.07, 6.45) is -1.35. The van der Waals surface area contributed by atoms with Crippen LogP contribution in [0.1, 0.15) is 28.4 Å². The maximum absolute atomic E-state index is 13.2. The number of aryl methyl sites for hydroxylation is 1. The Balaban J connectivity index is 1.86. The van der Waals surface area contributed by atoms with Crippen molar-refractivity contribution in [3.05, 3.63) is 94.4 Å². The lowest BCUT2D eigenvalue weighted by atomic mass is 9.96. The maximum atomic E-state index is 13.2. The van der Waals surface area contributed by atoms with Gasteiger partial charge in [-0.3, -0.25) is 4.98 Å². The van der Waals surface area contributed by atoms with Gasteiger partial charge in [0.25, 0.3) is 0 Å². The molecular weight excluding hydrogens is 427 g/mol. The maximum Gasteiger partial charge on any atom is 0.416 e. The number of phenolic OH excluding ortho intramolecular Hbond substituents is 1. The van der Waals surface area contributed by atoms with Gasteiger partial charge in [0.05, 0.1) is 22.3 Å². The van der Waals surface area contributed by atoms with Crippen LogP contribution >= 0.6 is 11.6 Å². The van der Waals surface area contributed by atoms with E-state index in [-0.39, 0.29) is 16.5 Å². The van der Waals surface area contributed by atoms with E-state index in [0.717, 1.165) is 23.2 Å². The van der Waals surface area contributed by atoms with Gasteiger partial charge in [0, 0.05) is 29.0 Å². The summed E-state index contributed by atoms with van der Waals surface area (Å²) in [4.78, 5) is 8.52. The van der Waals surface area contributed by atoms with Crippen molar-refractivity contribution in [2.24, 2.45) is 0 Å². The molecule has 2 aromatic carbocycles. The number of hydrogen-bond acceptors (Lipinski definition) is 4. The van der Waals surface area contributed by atoms with Crippen LogP contribution in [0.5, 0.6) is 5.75 Å². The molecule has 31 heavy (non-hydrogen) atoms. The van der Waals surface area contributed by atoms with Gasteiger partial charge in [-0.05, 0) is 42.8 Å². The minimum atomic E-state index is -4.52. The minimum absolute atomic E-state index is 0.0642. The fourth-order valence-corrected chi connectivity index (χ4v) is 3.55. The van der Waals surface area contributed by atoms with E-state index in [1.165, 1.54) is 6.07 Å². The third-order valence-corrected chi connectivity index (χ3v) is 5.26. The Labute approximate surface area is 181 Å². The fourth-order valence-electron chi connectivity index (χ4n) is 3.37. The monoisotopic (exact) mass is 443 g/mol. The molecule has 0 spiro atoms. The van der Waals surface area contributed by atoms with Crippen molar-refractivity contribution in [2.45, 2.75) is 19.1 Å². The predicted octanol–water partition coefficient (Wildman–Crippen LogP) is 6.52. The zero-order chi connectivity index (χ0) is 22.2. The number of nitrogens with zero attached hydrogens (tertiary/aromatic N) is 2. The highest BCUT2D eigenvalue weighted by Crippen LogP contribution is 2.39. The number of nitrogens with one attached hydrogen (secondary N) is 1. The zero-order valence-corrected chi connectivity index (χ0v) is 17.0. The smallest absolute Gasteiger partial charge is 0.416 e. The quantitative estimate of drug-likeness (QED) is 0.377. The summed E-state index contributed by atoms with van der Waals surface area (Å²) in [5, 5.41) is 14.9. The molecule has 4 aromatic rings. The molecule has 1 atom stereocenters. The topological polar surface area (TPSA) is 58.0 Å². The molecule has 4 nitrogen and oxygen atoms in total. The van der Waals surface area contributed by atoms with Crippen LogP contribution in [0, 0.1) is 6.92 Å². The number of rotatable bonds is 4. The fraction of sp³-hybridized carbons (Fsp3) is 0.130. The summed E-state index contributed by atoms with van der Waals surface area (Å²) < 4.78 is 39.7. The average molecular weight is 444 g/mol. The number of halogens is 4. The number of aromatic nitrogens is 2. The largest absolute Gasteiger partial charge is 0.505 e.